The van der Waals surface area contributed by atoms with Gasteiger partial charge in [-0.2, -0.15) is 5.10 Å². The Morgan fingerprint density at radius 3 is 2.46 bits per heavy atom. The quantitative estimate of drug-likeness (QED) is 0.730. The van der Waals surface area contributed by atoms with Gasteiger partial charge in [-0.15, -0.1) is 0 Å². The number of carbonyl (C=O) groups is 1. The monoisotopic (exact) mass is 349 g/mol. The van der Waals surface area contributed by atoms with Gasteiger partial charge in [-0.1, -0.05) is 30.3 Å². The lowest BCUT2D eigenvalue weighted by Crippen LogP contribution is -2.27. The Hall–Kier alpha value is -3.08. The lowest BCUT2D eigenvalue weighted by atomic mass is 10.1. The third-order valence-electron chi connectivity index (χ3n) is 4.35. The first-order valence-corrected chi connectivity index (χ1v) is 8.70. The van der Waals surface area contributed by atoms with E-state index in [2.05, 4.69) is 10.4 Å². The average molecular weight is 349 g/mol. The van der Waals surface area contributed by atoms with Crippen molar-refractivity contribution in [3.05, 3.63) is 71.9 Å². The van der Waals surface area contributed by atoms with Crippen LogP contribution in [-0.4, -0.2) is 22.8 Å². The van der Waals surface area contributed by atoms with Crippen molar-refractivity contribution in [2.45, 2.75) is 26.4 Å². The summed E-state index contributed by atoms with van der Waals surface area (Å²) in [6, 6.07) is 19.4. The molecular formula is C21H23N3O2. The smallest absolute Gasteiger partial charge is 0.272 e. The minimum absolute atomic E-state index is 0.0834. The summed E-state index contributed by atoms with van der Waals surface area (Å²) in [7, 11) is 1.64. The first kappa shape index (κ1) is 17.7. The van der Waals surface area contributed by atoms with Gasteiger partial charge in [0, 0.05) is 12.1 Å². The Balaban J connectivity index is 1.82. The maximum Gasteiger partial charge on any atom is 0.272 e. The highest BCUT2D eigenvalue weighted by Gasteiger charge is 2.17. The minimum atomic E-state index is -0.177. The molecule has 134 valence electrons. The number of aryl methyl sites for hydroxylation is 1. The molecule has 0 saturated heterocycles. The van der Waals surface area contributed by atoms with Crippen LogP contribution >= 0.6 is 0 Å². The van der Waals surface area contributed by atoms with Gasteiger partial charge in [0.2, 0.25) is 0 Å². The van der Waals surface area contributed by atoms with Crippen LogP contribution in [0.5, 0.6) is 5.75 Å². The summed E-state index contributed by atoms with van der Waals surface area (Å²) in [5.74, 6) is 0.620. The highest BCUT2D eigenvalue weighted by molar-refractivity contribution is 5.93. The van der Waals surface area contributed by atoms with Crippen molar-refractivity contribution < 1.29 is 9.53 Å². The van der Waals surface area contributed by atoms with Crippen molar-refractivity contribution >= 4 is 5.91 Å². The van der Waals surface area contributed by atoms with E-state index in [9.17, 15) is 4.79 Å². The molecule has 0 aliphatic heterocycles. The van der Waals surface area contributed by atoms with Crippen LogP contribution in [0.2, 0.25) is 0 Å². The van der Waals surface area contributed by atoms with Crippen molar-refractivity contribution in [2.75, 3.05) is 7.11 Å². The van der Waals surface area contributed by atoms with Crippen LogP contribution in [0.15, 0.2) is 60.7 Å². The summed E-state index contributed by atoms with van der Waals surface area (Å²) in [4.78, 5) is 12.6. The zero-order chi connectivity index (χ0) is 18.5. The fourth-order valence-electron chi connectivity index (χ4n) is 2.86. The SMILES string of the molecule is CCn1nc(C(=O)NC(C)c2ccccc2)cc1-c1ccc(OC)cc1. The molecule has 1 amide bonds. The van der Waals surface area contributed by atoms with E-state index in [1.165, 1.54) is 0 Å². The number of hydrogen-bond donors (Lipinski definition) is 1. The molecule has 1 atom stereocenters. The third kappa shape index (κ3) is 3.77. The molecule has 3 aromatic rings. The van der Waals surface area contributed by atoms with Crippen LogP contribution < -0.4 is 10.1 Å². The summed E-state index contributed by atoms with van der Waals surface area (Å²) in [6.45, 7) is 4.66. The maximum atomic E-state index is 12.6. The number of ether oxygens (including phenoxy) is 1. The van der Waals surface area contributed by atoms with Gasteiger partial charge in [-0.05, 0) is 49.7 Å². The molecule has 1 heterocycles. The van der Waals surface area contributed by atoms with Crippen molar-refractivity contribution in [1.29, 1.82) is 0 Å². The largest absolute Gasteiger partial charge is 0.497 e. The molecule has 1 unspecified atom stereocenters. The van der Waals surface area contributed by atoms with Crippen molar-refractivity contribution in [3.63, 3.8) is 0 Å². The topological polar surface area (TPSA) is 56.2 Å². The zero-order valence-electron chi connectivity index (χ0n) is 15.3. The number of aromatic nitrogens is 2. The number of benzene rings is 2. The van der Waals surface area contributed by atoms with Gasteiger partial charge >= 0.3 is 0 Å². The van der Waals surface area contributed by atoms with E-state index >= 15 is 0 Å². The predicted octanol–water partition coefficient (Wildman–Crippen LogP) is 4.07. The van der Waals surface area contributed by atoms with Crippen molar-refractivity contribution in [1.82, 2.24) is 15.1 Å². The molecule has 1 aromatic heterocycles. The lowest BCUT2D eigenvalue weighted by molar-refractivity contribution is 0.0934. The van der Waals surface area contributed by atoms with Gasteiger partial charge in [-0.25, -0.2) is 0 Å². The molecule has 1 N–H and O–H groups in total. The van der Waals surface area contributed by atoms with Crippen LogP contribution in [0.1, 0.15) is 35.9 Å². The molecule has 0 bridgehead atoms. The molecule has 0 radical (unpaired) electrons. The first-order valence-electron chi connectivity index (χ1n) is 8.70. The minimum Gasteiger partial charge on any atom is -0.497 e. The number of amides is 1. The van der Waals surface area contributed by atoms with E-state index in [1.54, 1.807) is 7.11 Å². The Bertz CT molecular complexity index is 870. The second-order valence-corrected chi connectivity index (χ2v) is 6.06. The highest BCUT2D eigenvalue weighted by Crippen LogP contribution is 2.24. The Kier molecular flexibility index (Phi) is 5.37. The van der Waals surface area contributed by atoms with E-state index in [4.69, 9.17) is 4.74 Å². The van der Waals surface area contributed by atoms with Gasteiger partial charge < -0.3 is 10.1 Å². The van der Waals surface area contributed by atoms with Crippen LogP contribution in [0.3, 0.4) is 0 Å². The fraction of sp³-hybridized carbons (Fsp3) is 0.238. The molecule has 2 aromatic carbocycles. The van der Waals surface area contributed by atoms with E-state index in [1.807, 2.05) is 79.2 Å². The molecule has 5 heteroatoms. The highest BCUT2D eigenvalue weighted by atomic mass is 16.5. The molecule has 5 nitrogen and oxygen atoms in total. The summed E-state index contributed by atoms with van der Waals surface area (Å²) in [5.41, 5.74) is 3.38. The van der Waals surface area contributed by atoms with Crippen LogP contribution in [0.4, 0.5) is 0 Å². The first-order chi connectivity index (χ1) is 12.6. The molecular weight excluding hydrogens is 326 g/mol. The van der Waals surface area contributed by atoms with Gasteiger partial charge in [0.05, 0.1) is 18.8 Å². The normalized spacial score (nSPS) is 11.8. The predicted molar refractivity (Wildman–Crippen MR) is 102 cm³/mol. The number of nitrogens with one attached hydrogen (secondary N) is 1. The van der Waals surface area contributed by atoms with Gasteiger partial charge in [-0.3, -0.25) is 9.48 Å². The molecule has 3 rings (SSSR count). The summed E-state index contributed by atoms with van der Waals surface area (Å²) in [6.07, 6.45) is 0. The number of carbonyl (C=O) groups excluding carboxylic acids is 1. The number of rotatable bonds is 6. The second kappa shape index (κ2) is 7.87. The fourth-order valence-corrected chi connectivity index (χ4v) is 2.86. The third-order valence-corrected chi connectivity index (χ3v) is 4.35. The Morgan fingerprint density at radius 2 is 1.85 bits per heavy atom. The Labute approximate surface area is 153 Å². The molecule has 0 aliphatic rings. The van der Waals surface area contributed by atoms with E-state index in [0.717, 1.165) is 22.6 Å². The molecule has 0 saturated carbocycles. The summed E-state index contributed by atoms with van der Waals surface area (Å²) < 4.78 is 7.04. The van der Waals surface area contributed by atoms with Gasteiger partial charge in [0.1, 0.15) is 5.75 Å². The molecule has 26 heavy (non-hydrogen) atoms. The van der Waals surface area contributed by atoms with Crippen molar-refractivity contribution in [2.24, 2.45) is 0 Å². The maximum absolute atomic E-state index is 12.6. The average Bonchev–Trinajstić information content (AvgIpc) is 3.13. The summed E-state index contributed by atoms with van der Waals surface area (Å²) >= 11 is 0. The van der Waals surface area contributed by atoms with Crippen LogP contribution in [0.25, 0.3) is 11.3 Å². The van der Waals surface area contributed by atoms with Gasteiger partial charge in [0.15, 0.2) is 5.69 Å². The molecule has 0 aliphatic carbocycles. The van der Waals surface area contributed by atoms with E-state index in [0.29, 0.717) is 12.2 Å². The summed E-state index contributed by atoms with van der Waals surface area (Å²) in [5, 5.41) is 7.48. The number of hydrogen-bond acceptors (Lipinski definition) is 3. The van der Waals surface area contributed by atoms with Gasteiger partial charge in [0.25, 0.3) is 5.91 Å². The van der Waals surface area contributed by atoms with Crippen LogP contribution in [-0.2, 0) is 6.54 Å². The number of methoxy groups -OCH3 is 1. The number of nitrogens with zero attached hydrogens (tertiary/aromatic N) is 2. The molecule has 0 fully saturated rings. The standard InChI is InChI=1S/C21H23N3O2/c1-4-24-20(17-10-12-18(26-3)13-11-17)14-19(23-24)21(25)22-15(2)16-8-6-5-7-9-16/h5-15H,4H2,1-3H3,(H,22,25). The van der Waals surface area contributed by atoms with Crippen molar-refractivity contribution in [3.8, 4) is 17.0 Å². The lowest BCUT2D eigenvalue weighted by Gasteiger charge is -2.13. The zero-order valence-corrected chi connectivity index (χ0v) is 15.3. The van der Waals surface area contributed by atoms with E-state index in [-0.39, 0.29) is 11.9 Å². The Morgan fingerprint density at radius 1 is 1.15 bits per heavy atom. The van der Waals surface area contributed by atoms with Crippen LogP contribution in [0, 0.1) is 0 Å². The van der Waals surface area contributed by atoms with E-state index < -0.39 is 0 Å². The second-order valence-electron chi connectivity index (χ2n) is 6.06. The molecule has 0 spiro atoms.